The number of carbonyl (C=O) groups excluding carboxylic acids is 1. The standard InChI is InChI=1S/C23H27N3O3S/c1-15(2)30(28,29)26-17-13-11-16(12-14-17)23(27)25-22-18-7-3-5-9-20(18)24-21-10-6-4-8-19(21)22/h3-10,15-17,26H,11-14H2,1-2H3,(H,24,25,27). The van der Waals surface area contributed by atoms with Gasteiger partial charge < -0.3 is 5.32 Å². The average molecular weight is 426 g/mol. The SMILES string of the molecule is CC(C)S(=O)(=O)NC1CCC(C(=O)Nc2c3ccccc3nc3ccccc23)CC1. The van der Waals surface area contributed by atoms with Crippen LogP contribution in [0.1, 0.15) is 39.5 Å². The van der Waals surface area contributed by atoms with Crippen molar-refractivity contribution in [1.82, 2.24) is 9.71 Å². The fourth-order valence-corrected chi connectivity index (χ4v) is 5.01. The first-order valence-electron chi connectivity index (χ1n) is 10.4. The van der Waals surface area contributed by atoms with Crippen LogP contribution in [0.15, 0.2) is 48.5 Å². The van der Waals surface area contributed by atoms with Crippen molar-refractivity contribution in [3.05, 3.63) is 48.5 Å². The molecule has 1 amide bonds. The minimum atomic E-state index is -3.29. The second-order valence-electron chi connectivity index (χ2n) is 8.27. The van der Waals surface area contributed by atoms with E-state index in [1.165, 1.54) is 0 Å². The largest absolute Gasteiger partial charge is 0.325 e. The number of benzene rings is 2. The van der Waals surface area contributed by atoms with Gasteiger partial charge in [-0.1, -0.05) is 36.4 Å². The third-order valence-corrected chi connectivity index (χ3v) is 7.79. The van der Waals surface area contributed by atoms with Gasteiger partial charge in [-0.25, -0.2) is 18.1 Å². The number of carbonyl (C=O) groups is 1. The number of hydrogen-bond donors (Lipinski definition) is 2. The Kier molecular flexibility index (Phi) is 5.75. The topological polar surface area (TPSA) is 88.2 Å². The highest BCUT2D eigenvalue weighted by atomic mass is 32.2. The number of amides is 1. The minimum absolute atomic E-state index is 0.0123. The fourth-order valence-electron chi connectivity index (χ4n) is 4.04. The highest BCUT2D eigenvalue weighted by molar-refractivity contribution is 7.90. The molecule has 30 heavy (non-hydrogen) atoms. The van der Waals surface area contributed by atoms with Gasteiger partial charge in [0.2, 0.25) is 15.9 Å². The highest BCUT2D eigenvalue weighted by Crippen LogP contribution is 2.32. The van der Waals surface area contributed by atoms with Crippen molar-refractivity contribution in [3.63, 3.8) is 0 Å². The number of fused-ring (bicyclic) bond motifs is 2. The summed E-state index contributed by atoms with van der Waals surface area (Å²) in [6, 6.07) is 15.5. The van der Waals surface area contributed by atoms with E-state index in [1.807, 2.05) is 48.5 Å². The van der Waals surface area contributed by atoms with Gasteiger partial charge >= 0.3 is 0 Å². The van der Waals surface area contributed by atoms with Crippen LogP contribution in [0.3, 0.4) is 0 Å². The van der Waals surface area contributed by atoms with Gasteiger partial charge in [0.15, 0.2) is 0 Å². The van der Waals surface area contributed by atoms with E-state index in [9.17, 15) is 13.2 Å². The quantitative estimate of drug-likeness (QED) is 0.599. The van der Waals surface area contributed by atoms with E-state index in [4.69, 9.17) is 4.98 Å². The first kappa shape index (κ1) is 20.8. The summed E-state index contributed by atoms with van der Waals surface area (Å²) in [6.07, 6.45) is 2.67. The zero-order valence-electron chi connectivity index (χ0n) is 17.3. The van der Waals surface area contributed by atoms with Crippen molar-refractivity contribution < 1.29 is 13.2 Å². The molecule has 1 heterocycles. The second-order valence-corrected chi connectivity index (χ2v) is 10.5. The van der Waals surface area contributed by atoms with E-state index in [1.54, 1.807) is 13.8 Å². The van der Waals surface area contributed by atoms with E-state index in [0.717, 1.165) is 27.5 Å². The van der Waals surface area contributed by atoms with Crippen LogP contribution in [0.2, 0.25) is 0 Å². The van der Waals surface area contributed by atoms with Gasteiger partial charge in [-0.15, -0.1) is 0 Å². The van der Waals surface area contributed by atoms with Gasteiger partial charge in [0.1, 0.15) is 0 Å². The number of nitrogens with zero attached hydrogens (tertiary/aromatic N) is 1. The summed E-state index contributed by atoms with van der Waals surface area (Å²) in [5.41, 5.74) is 2.49. The first-order chi connectivity index (χ1) is 14.3. The van der Waals surface area contributed by atoms with Gasteiger partial charge in [-0.2, -0.15) is 0 Å². The van der Waals surface area contributed by atoms with Crippen LogP contribution in [0.25, 0.3) is 21.8 Å². The van der Waals surface area contributed by atoms with Crippen LogP contribution in [-0.4, -0.2) is 30.6 Å². The van der Waals surface area contributed by atoms with Crippen LogP contribution in [0.5, 0.6) is 0 Å². The zero-order chi connectivity index (χ0) is 21.3. The average Bonchev–Trinajstić information content (AvgIpc) is 2.73. The minimum Gasteiger partial charge on any atom is -0.325 e. The van der Waals surface area contributed by atoms with E-state index in [0.29, 0.717) is 25.7 Å². The molecular formula is C23H27N3O3S. The molecule has 1 aliphatic rings. The molecule has 0 bridgehead atoms. The van der Waals surface area contributed by atoms with Crippen molar-refractivity contribution >= 4 is 43.4 Å². The Hall–Kier alpha value is -2.51. The smallest absolute Gasteiger partial charge is 0.227 e. The summed E-state index contributed by atoms with van der Waals surface area (Å²) in [4.78, 5) is 17.8. The molecule has 0 spiro atoms. The normalized spacial score (nSPS) is 20.0. The van der Waals surface area contributed by atoms with Crippen molar-refractivity contribution in [2.75, 3.05) is 5.32 Å². The number of anilines is 1. The lowest BCUT2D eigenvalue weighted by Gasteiger charge is -2.29. The summed E-state index contributed by atoms with van der Waals surface area (Å²) in [5.74, 6) is -0.142. The van der Waals surface area contributed by atoms with Crippen LogP contribution in [0.4, 0.5) is 5.69 Å². The molecule has 1 aliphatic carbocycles. The van der Waals surface area contributed by atoms with E-state index in [-0.39, 0.29) is 17.9 Å². The summed E-state index contributed by atoms with van der Waals surface area (Å²) in [5, 5.41) is 4.55. The first-order valence-corrected chi connectivity index (χ1v) is 12.0. The lowest BCUT2D eigenvalue weighted by molar-refractivity contribution is -0.120. The molecule has 3 aromatic rings. The molecule has 158 valence electrons. The molecular weight excluding hydrogens is 398 g/mol. The molecule has 0 aliphatic heterocycles. The van der Waals surface area contributed by atoms with Crippen LogP contribution in [0, 0.1) is 5.92 Å². The Balaban J connectivity index is 1.52. The Bertz CT molecular complexity index is 1130. The van der Waals surface area contributed by atoms with Gasteiger partial charge in [0.05, 0.1) is 22.0 Å². The van der Waals surface area contributed by atoms with Gasteiger partial charge in [0, 0.05) is 22.7 Å². The number of hydrogen-bond acceptors (Lipinski definition) is 4. The van der Waals surface area contributed by atoms with E-state index in [2.05, 4.69) is 10.0 Å². The molecule has 1 aromatic heterocycles. The maximum atomic E-state index is 13.1. The summed E-state index contributed by atoms with van der Waals surface area (Å²) >= 11 is 0. The molecule has 4 rings (SSSR count). The van der Waals surface area contributed by atoms with Crippen LogP contribution >= 0.6 is 0 Å². The van der Waals surface area contributed by atoms with Crippen LogP contribution in [-0.2, 0) is 14.8 Å². The van der Waals surface area contributed by atoms with E-state index >= 15 is 0 Å². The molecule has 0 atom stereocenters. The number of sulfonamides is 1. The van der Waals surface area contributed by atoms with Crippen LogP contribution < -0.4 is 10.0 Å². The third-order valence-electron chi connectivity index (χ3n) is 5.89. The predicted octanol–water partition coefficient (Wildman–Crippen LogP) is 4.21. The number of rotatable bonds is 5. The molecule has 7 heteroatoms. The lowest BCUT2D eigenvalue weighted by atomic mass is 9.86. The summed E-state index contributed by atoms with van der Waals surface area (Å²) < 4.78 is 27.0. The lowest BCUT2D eigenvalue weighted by Crippen LogP contribution is -2.42. The number of para-hydroxylation sites is 2. The molecule has 6 nitrogen and oxygen atoms in total. The van der Waals surface area contributed by atoms with E-state index < -0.39 is 15.3 Å². The fraction of sp³-hybridized carbons (Fsp3) is 0.391. The Labute approximate surface area is 177 Å². The monoisotopic (exact) mass is 425 g/mol. The Morgan fingerprint density at radius 2 is 1.47 bits per heavy atom. The van der Waals surface area contributed by atoms with Gasteiger partial charge in [0.25, 0.3) is 0 Å². The maximum Gasteiger partial charge on any atom is 0.227 e. The predicted molar refractivity (Wildman–Crippen MR) is 121 cm³/mol. The number of pyridine rings is 1. The van der Waals surface area contributed by atoms with Crippen molar-refractivity contribution in [2.24, 2.45) is 5.92 Å². The molecule has 1 fully saturated rings. The molecule has 1 saturated carbocycles. The van der Waals surface area contributed by atoms with Crippen molar-refractivity contribution in [3.8, 4) is 0 Å². The Morgan fingerprint density at radius 1 is 0.933 bits per heavy atom. The Morgan fingerprint density at radius 3 is 2.00 bits per heavy atom. The summed E-state index contributed by atoms with van der Waals surface area (Å²) in [7, 11) is -3.29. The molecule has 2 N–H and O–H groups in total. The molecule has 2 aromatic carbocycles. The van der Waals surface area contributed by atoms with Gasteiger partial charge in [-0.05, 0) is 51.7 Å². The van der Waals surface area contributed by atoms with Crippen molar-refractivity contribution in [2.45, 2.75) is 50.8 Å². The molecule has 0 saturated heterocycles. The third kappa shape index (κ3) is 4.18. The second kappa shape index (κ2) is 8.32. The summed E-state index contributed by atoms with van der Waals surface area (Å²) in [6.45, 7) is 3.34. The zero-order valence-corrected chi connectivity index (χ0v) is 18.1. The molecule has 0 unspecified atom stereocenters. The molecule has 0 radical (unpaired) electrons. The number of aromatic nitrogens is 1. The highest BCUT2D eigenvalue weighted by Gasteiger charge is 2.30. The van der Waals surface area contributed by atoms with Gasteiger partial charge in [-0.3, -0.25) is 4.79 Å². The van der Waals surface area contributed by atoms with Crippen molar-refractivity contribution in [1.29, 1.82) is 0 Å². The maximum absolute atomic E-state index is 13.1. The number of nitrogens with one attached hydrogen (secondary N) is 2.